The first-order valence-electron chi connectivity index (χ1n) is 14.9. The lowest BCUT2D eigenvalue weighted by molar-refractivity contribution is -0.140. The fraction of sp³-hybridized carbons (Fsp3) is 0.257. The van der Waals surface area contributed by atoms with Crippen LogP contribution in [-0.4, -0.2) is 51.4 Å². The summed E-state index contributed by atoms with van der Waals surface area (Å²) in [4.78, 5) is 29.8. The second-order valence-corrected chi connectivity index (χ2v) is 13.3. The van der Waals surface area contributed by atoms with Crippen LogP contribution >= 0.6 is 23.2 Å². The number of rotatable bonds is 15. The summed E-state index contributed by atoms with van der Waals surface area (Å²) >= 11 is 12.7. The van der Waals surface area contributed by atoms with Crippen molar-refractivity contribution < 1.29 is 22.7 Å². The number of hydrogen-bond donors (Lipinski definition) is 1. The lowest BCUT2D eigenvalue weighted by Gasteiger charge is -2.34. The summed E-state index contributed by atoms with van der Waals surface area (Å²) in [5.41, 5.74) is 1.62. The van der Waals surface area contributed by atoms with Crippen molar-refractivity contribution in [3.05, 3.63) is 124 Å². The second-order valence-electron chi connectivity index (χ2n) is 10.6. The van der Waals surface area contributed by atoms with Crippen LogP contribution < -0.4 is 14.4 Å². The highest BCUT2D eigenvalue weighted by Gasteiger charge is 2.35. The molecule has 0 fully saturated rings. The van der Waals surface area contributed by atoms with Crippen LogP contribution in [0.1, 0.15) is 30.9 Å². The number of hydrogen-bond acceptors (Lipinski definition) is 5. The molecule has 4 aromatic rings. The van der Waals surface area contributed by atoms with Gasteiger partial charge in [0.05, 0.1) is 17.7 Å². The third kappa shape index (κ3) is 9.02. The van der Waals surface area contributed by atoms with Gasteiger partial charge in [-0.3, -0.25) is 13.9 Å². The number of ether oxygens (including phenoxy) is 1. The molecule has 0 aliphatic heterocycles. The van der Waals surface area contributed by atoms with E-state index >= 15 is 0 Å². The summed E-state index contributed by atoms with van der Waals surface area (Å²) in [6.45, 7) is 1.79. The summed E-state index contributed by atoms with van der Waals surface area (Å²) in [6.07, 6.45) is 1.83. The average molecular weight is 683 g/mol. The van der Waals surface area contributed by atoms with Crippen molar-refractivity contribution in [3.8, 4) is 5.75 Å². The van der Waals surface area contributed by atoms with Gasteiger partial charge in [0.15, 0.2) is 0 Å². The predicted octanol–water partition coefficient (Wildman–Crippen LogP) is 6.75. The molecule has 0 saturated carbocycles. The summed E-state index contributed by atoms with van der Waals surface area (Å²) < 4.78 is 34.6. The summed E-state index contributed by atoms with van der Waals surface area (Å²) in [6, 6.07) is 27.6. The second kappa shape index (κ2) is 16.5. The molecule has 0 saturated heterocycles. The molecule has 8 nitrogen and oxygen atoms in total. The number of sulfonamides is 1. The van der Waals surface area contributed by atoms with E-state index in [9.17, 15) is 18.0 Å². The molecule has 4 aromatic carbocycles. The summed E-state index contributed by atoms with van der Waals surface area (Å²) in [7, 11) is -2.76. The van der Waals surface area contributed by atoms with E-state index in [1.807, 2.05) is 37.3 Å². The zero-order valence-electron chi connectivity index (χ0n) is 25.7. The quantitative estimate of drug-likeness (QED) is 0.140. The maximum absolute atomic E-state index is 14.5. The number of nitrogens with one attached hydrogen (secondary N) is 1. The van der Waals surface area contributed by atoms with Crippen molar-refractivity contribution in [1.82, 2.24) is 10.2 Å². The molecule has 242 valence electrons. The summed E-state index contributed by atoms with van der Waals surface area (Å²) in [5.74, 6) is -0.533. The molecular formula is C35H37Cl2N3O5S. The van der Waals surface area contributed by atoms with Gasteiger partial charge in [-0.25, -0.2) is 8.42 Å². The van der Waals surface area contributed by atoms with Crippen LogP contribution in [0.15, 0.2) is 108 Å². The highest BCUT2D eigenvalue weighted by atomic mass is 35.5. The van der Waals surface area contributed by atoms with E-state index in [0.717, 1.165) is 22.7 Å². The largest absolute Gasteiger partial charge is 0.497 e. The van der Waals surface area contributed by atoms with E-state index in [1.165, 1.54) is 24.1 Å². The van der Waals surface area contributed by atoms with Crippen molar-refractivity contribution in [3.63, 3.8) is 0 Å². The van der Waals surface area contributed by atoms with E-state index in [2.05, 4.69) is 5.32 Å². The number of carbonyl (C=O) groups is 2. The van der Waals surface area contributed by atoms with Gasteiger partial charge in [-0.1, -0.05) is 97.2 Å². The van der Waals surface area contributed by atoms with Gasteiger partial charge in [0.25, 0.3) is 10.0 Å². The van der Waals surface area contributed by atoms with Gasteiger partial charge in [0.1, 0.15) is 18.3 Å². The number of nitrogens with zero attached hydrogens (tertiary/aromatic N) is 2. The number of carbonyl (C=O) groups excluding carboxylic acids is 2. The van der Waals surface area contributed by atoms with Crippen LogP contribution in [0.25, 0.3) is 0 Å². The molecule has 0 radical (unpaired) electrons. The topological polar surface area (TPSA) is 96.0 Å². The number of benzene rings is 4. The van der Waals surface area contributed by atoms with Crippen molar-refractivity contribution in [1.29, 1.82) is 0 Å². The smallest absolute Gasteiger partial charge is 0.264 e. The zero-order chi connectivity index (χ0) is 33.1. The molecule has 0 aliphatic carbocycles. The van der Waals surface area contributed by atoms with Gasteiger partial charge >= 0.3 is 0 Å². The highest BCUT2D eigenvalue weighted by molar-refractivity contribution is 7.92. The van der Waals surface area contributed by atoms with Crippen molar-refractivity contribution in [2.45, 2.75) is 43.7 Å². The molecule has 0 bridgehead atoms. The summed E-state index contributed by atoms with van der Waals surface area (Å²) in [5, 5.41) is 3.71. The monoisotopic (exact) mass is 681 g/mol. The van der Waals surface area contributed by atoms with Gasteiger partial charge in [0.2, 0.25) is 11.8 Å². The minimum atomic E-state index is -4.23. The minimum absolute atomic E-state index is 0.0102. The maximum Gasteiger partial charge on any atom is 0.264 e. The van der Waals surface area contributed by atoms with E-state index < -0.39 is 28.5 Å². The van der Waals surface area contributed by atoms with Gasteiger partial charge in [-0.05, 0) is 53.9 Å². The SMILES string of the molecule is CCCCNC(=O)[C@H](Cc1ccccc1)N(Cc1ccc(Cl)cc1Cl)C(=O)CN(c1cccc(OC)c1)S(=O)(=O)c1ccccc1. The Morgan fingerprint density at radius 2 is 1.59 bits per heavy atom. The molecule has 11 heteroatoms. The fourth-order valence-corrected chi connectivity index (χ4v) is 6.80. The zero-order valence-corrected chi connectivity index (χ0v) is 28.1. The van der Waals surface area contributed by atoms with Crippen molar-refractivity contribution in [2.75, 3.05) is 24.5 Å². The molecular weight excluding hydrogens is 645 g/mol. The Kier molecular flexibility index (Phi) is 12.5. The molecule has 2 amide bonds. The Morgan fingerprint density at radius 1 is 0.891 bits per heavy atom. The lowest BCUT2D eigenvalue weighted by Crippen LogP contribution is -2.53. The van der Waals surface area contributed by atoms with E-state index in [0.29, 0.717) is 27.9 Å². The Hall–Kier alpha value is -4.05. The first kappa shape index (κ1) is 34.8. The van der Waals surface area contributed by atoms with Crippen molar-refractivity contribution >= 4 is 50.7 Å². The molecule has 0 heterocycles. The third-order valence-corrected chi connectivity index (χ3v) is 9.78. The van der Waals surface area contributed by atoms with Gasteiger partial charge in [-0.15, -0.1) is 0 Å². The number of unbranched alkanes of at least 4 members (excludes halogenated alkanes) is 1. The molecule has 0 aliphatic rings. The van der Waals surface area contributed by atoms with Crippen LogP contribution in [-0.2, 0) is 32.6 Å². The number of anilines is 1. The third-order valence-electron chi connectivity index (χ3n) is 7.41. The lowest BCUT2D eigenvalue weighted by atomic mass is 10.0. The number of amides is 2. The van der Waals surface area contributed by atoms with Crippen LogP contribution in [0.5, 0.6) is 5.75 Å². The Morgan fingerprint density at radius 3 is 2.24 bits per heavy atom. The molecule has 0 spiro atoms. The first-order valence-corrected chi connectivity index (χ1v) is 17.1. The molecule has 1 N–H and O–H groups in total. The van der Waals surface area contributed by atoms with E-state index in [1.54, 1.807) is 60.7 Å². The molecule has 46 heavy (non-hydrogen) atoms. The Labute approximate surface area is 280 Å². The highest BCUT2D eigenvalue weighted by Crippen LogP contribution is 2.29. The average Bonchev–Trinajstić information content (AvgIpc) is 3.06. The van der Waals surface area contributed by atoms with Crippen LogP contribution in [0.3, 0.4) is 0 Å². The fourth-order valence-electron chi connectivity index (χ4n) is 4.91. The van der Waals surface area contributed by atoms with Gasteiger partial charge in [0, 0.05) is 35.6 Å². The minimum Gasteiger partial charge on any atom is -0.497 e. The van der Waals surface area contributed by atoms with Crippen LogP contribution in [0.2, 0.25) is 10.0 Å². The maximum atomic E-state index is 14.5. The van der Waals surface area contributed by atoms with Crippen LogP contribution in [0, 0.1) is 0 Å². The van der Waals surface area contributed by atoms with Gasteiger partial charge in [-0.2, -0.15) is 0 Å². The normalized spacial score (nSPS) is 11.8. The number of halogens is 2. The molecule has 0 aromatic heterocycles. The first-order chi connectivity index (χ1) is 22.1. The predicted molar refractivity (Wildman–Crippen MR) is 183 cm³/mol. The Bertz CT molecular complexity index is 1720. The molecule has 4 rings (SSSR count). The van der Waals surface area contributed by atoms with Crippen molar-refractivity contribution in [2.24, 2.45) is 0 Å². The Balaban J connectivity index is 1.81. The van der Waals surface area contributed by atoms with Crippen LogP contribution in [0.4, 0.5) is 5.69 Å². The molecule has 0 unspecified atom stereocenters. The number of methoxy groups -OCH3 is 1. The molecule has 1 atom stereocenters. The van der Waals surface area contributed by atoms with E-state index in [4.69, 9.17) is 27.9 Å². The van der Waals surface area contributed by atoms with E-state index in [-0.39, 0.29) is 29.5 Å². The van der Waals surface area contributed by atoms with Gasteiger partial charge < -0.3 is 15.0 Å². The standard InChI is InChI=1S/C35H37Cl2N3O5S/c1-3-4-20-38-35(42)33(21-26-12-7-5-8-13-26)39(24-27-18-19-28(36)22-32(27)37)34(41)25-40(29-14-11-15-30(23-29)45-2)46(43,44)31-16-9-6-10-17-31/h5-19,22-23,33H,3-4,20-21,24-25H2,1-2H3,(H,38,42)/t33-/m0/s1.